The number of nitriles is 1. The predicted molar refractivity (Wildman–Crippen MR) is 77.9 cm³/mol. The van der Waals surface area contributed by atoms with Crippen LogP contribution >= 0.6 is 0 Å². The van der Waals surface area contributed by atoms with Gasteiger partial charge in [0.25, 0.3) is 0 Å². The van der Waals surface area contributed by atoms with Crippen molar-refractivity contribution < 1.29 is 9.18 Å². The zero-order valence-corrected chi connectivity index (χ0v) is 11.9. The van der Waals surface area contributed by atoms with Gasteiger partial charge in [-0.1, -0.05) is 0 Å². The third-order valence-corrected chi connectivity index (χ3v) is 3.75. The lowest BCUT2D eigenvalue weighted by atomic mass is 9.77. The summed E-state index contributed by atoms with van der Waals surface area (Å²) in [4.78, 5) is 16.2. The number of halogens is 1. The summed E-state index contributed by atoms with van der Waals surface area (Å²) in [6.45, 7) is 3.23. The van der Waals surface area contributed by atoms with E-state index in [-0.39, 0.29) is 18.0 Å². The highest BCUT2D eigenvalue weighted by Gasteiger charge is 2.32. The van der Waals surface area contributed by atoms with Crippen LogP contribution in [0.3, 0.4) is 0 Å². The minimum atomic E-state index is -0.855. The summed E-state index contributed by atoms with van der Waals surface area (Å²) in [7, 11) is 0. The molecule has 4 heteroatoms. The molecule has 1 heterocycles. The van der Waals surface area contributed by atoms with E-state index in [1.54, 1.807) is 37.4 Å². The van der Waals surface area contributed by atoms with Gasteiger partial charge in [-0.2, -0.15) is 5.26 Å². The highest BCUT2D eigenvalue weighted by atomic mass is 19.1. The van der Waals surface area contributed by atoms with Gasteiger partial charge in [0.2, 0.25) is 0 Å². The monoisotopic (exact) mass is 282 g/mol. The molecule has 3 nitrogen and oxygen atoms in total. The topological polar surface area (TPSA) is 53.8 Å². The van der Waals surface area contributed by atoms with Gasteiger partial charge in [-0.05, 0) is 55.8 Å². The molecule has 21 heavy (non-hydrogen) atoms. The van der Waals surface area contributed by atoms with Crippen LogP contribution in [0.25, 0.3) is 11.3 Å². The average molecular weight is 282 g/mol. The van der Waals surface area contributed by atoms with E-state index >= 15 is 0 Å². The molecule has 0 radical (unpaired) electrons. The summed E-state index contributed by atoms with van der Waals surface area (Å²) < 4.78 is 13.0. The average Bonchev–Trinajstić information content (AvgIpc) is 2.48. The molecule has 0 aliphatic heterocycles. The number of nitrogens with zero attached hydrogens (tertiary/aromatic N) is 2. The first-order chi connectivity index (χ1) is 9.97. The molecule has 0 amide bonds. The molecule has 0 fully saturated rings. The molecule has 2 rings (SSSR count). The van der Waals surface area contributed by atoms with Crippen LogP contribution < -0.4 is 0 Å². The zero-order valence-electron chi connectivity index (χ0n) is 11.9. The standard InChI is InChI=1S/C17H15FN2O/c1-12(21)17(2,8-9-19)14-7-10-20-16(11-14)13-3-5-15(18)6-4-13/h3-7,10-11H,8H2,1-2H3. The van der Waals surface area contributed by atoms with Crippen LogP contribution in [0, 0.1) is 17.1 Å². The van der Waals surface area contributed by atoms with Crippen LogP contribution in [0.5, 0.6) is 0 Å². The summed E-state index contributed by atoms with van der Waals surface area (Å²) in [6.07, 6.45) is 1.71. The fourth-order valence-electron chi connectivity index (χ4n) is 2.14. The van der Waals surface area contributed by atoms with Crippen molar-refractivity contribution >= 4 is 5.78 Å². The van der Waals surface area contributed by atoms with Crippen LogP contribution in [-0.4, -0.2) is 10.8 Å². The Bertz CT molecular complexity index is 703. The molecule has 0 aliphatic carbocycles. The Morgan fingerprint density at radius 3 is 2.57 bits per heavy atom. The van der Waals surface area contributed by atoms with E-state index in [0.29, 0.717) is 5.69 Å². The Kier molecular flexibility index (Phi) is 4.13. The summed E-state index contributed by atoms with van der Waals surface area (Å²) in [5.41, 5.74) is 1.30. The summed E-state index contributed by atoms with van der Waals surface area (Å²) in [6, 6.07) is 11.6. The molecule has 106 valence electrons. The third kappa shape index (κ3) is 2.97. The van der Waals surface area contributed by atoms with Gasteiger partial charge in [0, 0.05) is 11.8 Å². The minimum Gasteiger partial charge on any atom is -0.299 e. The second kappa shape index (κ2) is 5.84. The van der Waals surface area contributed by atoms with Crippen LogP contribution in [0.15, 0.2) is 42.6 Å². The molecule has 1 atom stereocenters. The molecule has 0 bridgehead atoms. The van der Waals surface area contributed by atoms with Gasteiger partial charge < -0.3 is 0 Å². The van der Waals surface area contributed by atoms with E-state index in [1.807, 2.05) is 0 Å². The fourth-order valence-corrected chi connectivity index (χ4v) is 2.14. The van der Waals surface area contributed by atoms with E-state index in [2.05, 4.69) is 11.1 Å². The number of hydrogen-bond acceptors (Lipinski definition) is 3. The summed E-state index contributed by atoms with van der Waals surface area (Å²) in [5.74, 6) is -0.381. The van der Waals surface area contributed by atoms with Crippen LogP contribution in [-0.2, 0) is 10.2 Å². The number of pyridine rings is 1. The molecule has 0 N–H and O–H groups in total. The number of rotatable bonds is 4. The highest BCUT2D eigenvalue weighted by Crippen LogP contribution is 2.30. The number of benzene rings is 1. The SMILES string of the molecule is CC(=O)C(C)(CC#N)c1ccnc(-c2ccc(F)cc2)c1. The normalized spacial score (nSPS) is 13.2. The number of aromatic nitrogens is 1. The number of hydrogen-bond donors (Lipinski definition) is 0. The first-order valence-corrected chi connectivity index (χ1v) is 6.58. The van der Waals surface area contributed by atoms with Crippen molar-refractivity contribution in [3.05, 3.63) is 54.0 Å². The number of carbonyl (C=O) groups is 1. The van der Waals surface area contributed by atoms with Crippen LogP contribution in [0.1, 0.15) is 25.8 Å². The van der Waals surface area contributed by atoms with Gasteiger partial charge in [0.1, 0.15) is 11.6 Å². The van der Waals surface area contributed by atoms with Gasteiger partial charge in [-0.15, -0.1) is 0 Å². The summed E-state index contributed by atoms with van der Waals surface area (Å²) in [5, 5.41) is 8.97. The van der Waals surface area contributed by atoms with Gasteiger partial charge in [0.15, 0.2) is 0 Å². The molecule has 1 unspecified atom stereocenters. The van der Waals surface area contributed by atoms with Crippen LogP contribution in [0.2, 0.25) is 0 Å². The van der Waals surface area contributed by atoms with Crippen molar-refractivity contribution in [1.82, 2.24) is 4.98 Å². The van der Waals surface area contributed by atoms with E-state index in [1.165, 1.54) is 19.1 Å². The maximum atomic E-state index is 13.0. The summed E-state index contributed by atoms with van der Waals surface area (Å²) >= 11 is 0. The first-order valence-electron chi connectivity index (χ1n) is 6.58. The highest BCUT2D eigenvalue weighted by molar-refractivity contribution is 5.88. The van der Waals surface area contributed by atoms with Gasteiger partial charge in [0.05, 0.1) is 23.6 Å². The lowest BCUT2D eigenvalue weighted by Crippen LogP contribution is -2.30. The lowest BCUT2D eigenvalue weighted by molar-refractivity contribution is -0.121. The van der Waals surface area contributed by atoms with Crippen molar-refractivity contribution in [2.45, 2.75) is 25.7 Å². The predicted octanol–water partition coefficient (Wildman–Crippen LogP) is 3.65. The maximum absolute atomic E-state index is 13.0. The van der Waals surface area contributed by atoms with Crippen molar-refractivity contribution in [3.8, 4) is 17.3 Å². The Balaban J connectivity index is 2.48. The van der Waals surface area contributed by atoms with Crippen molar-refractivity contribution in [2.75, 3.05) is 0 Å². The molecular formula is C17H15FN2O. The molecule has 1 aromatic heterocycles. The maximum Gasteiger partial charge on any atom is 0.141 e. The Labute approximate surface area is 123 Å². The van der Waals surface area contributed by atoms with E-state index in [4.69, 9.17) is 5.26 Å². The van der Waals surface area contributed by atoms with Gasteiger partial charge in [-0.3, -0.25) is 9.78 Å². The lowest BCUT2D eigenvalue weighted by Gasteiger charge is -2.24. The van der Waals surface area contributed by atoms with Crippen LogP contribution in [0.4, 0.5) is 4.39 Å². The molecule has 1 aromatic carbocycles. The quantitative estimate of drug-likeness (QED) is 0.860. The van der Waals surface area contributed by atoms with E-state index in [0.717, 1.165) is 11.1 Å². The van der Waals surface area contributed by atoms with Gasteiger partial charge >= 0.3 is 0 Å². The fraction of sp³-hybridized carbons (Fsp3) is 0.235. The smallest absolute Gasteiger partial charge is 0.141 e. The number of Topliss-reactive ketones (excluding diaryl/α,β-unsaturated/α-hetero) is 1. The van der Waals surface area contributed by atoms with E-state index < -0.39 is 5.41 Å². The van der Waals surface area contributed by atoms with E-state index in [9.17, 15) is 9.18 Å². The zero-order chi connectivity index (χ0) is 15.5. The molecular weight excluding hydrogens is 267 g/mol. The Morgan fingerprint density at radius 2 is 2.00 bits per heavy atom. The second-order valence-electron chi connectivity index (χ2n) is 5.16. The second-order valence-corrected chi connectivity index (χ2v) is 5.16. The molecule has 0 saturated carbocycles. The minimum absolute atomic E-state index is 0.0692. The Hall–Kier alpha value is -2.54. The third-order valence-electron chi connectivity index (χ3n) is 3.75. The van der Waals surface area contributed by atoms with Gasteiger partial charge in [-0.25, -0.2) is 4.39 Å². The molecule has 0 spiro atoms. The van der Waals surface area contributed by atoms with Crippen molar-refractivity contribution in [2.24, 2.45) is 0 Å². The van der Waals surface area contributed by atoms with Crippen molar-refractivity contribution in [1.29, 1.82) is 5.26 Å². The molecule has 0 saturated heterocycles. The Morgan fingerprint density at radius 1 is 1.33 bits per heavy atom. The molecule has 2 aromatic rings. The largest absolute Gasteiger partial charge is 0.299 e. The first kappa shape index (κ1) is 14.9. The number of carbonyl (C=O) groups excluding carboxylic acids is 1. The van der Waals surface area contributed by atoms with Crippen molar-refractivity contribution in [3.63, 3.8) is 0 Å². The number of ketones is 1. The molecule has 0 aliphatic rings.